The zero-order chi connectivity index (χ0) is 17.1. The van der Waals surface area contributed by atoms with Crippen LogP contribution in [0.5, 0.6) is 0 Å². The molecule has 0 aliphatic carbocycles. The lowest BCUT2D eigenvalue weighted by Gasteiger charge is -2.01. The van der Waals surface area contributed by atoms with Crippen LogP contribution in [0.25, 0.3) is 6.08 Å². The van der Waals surface area contributed by atoms with Crippen LogP contribution in [-0.2, 0) is 20.7 Å². The van der Waals surface area contributed by atoms with E-state index in [1.165, 1.54) is 19.4 Å². The summed E-state index contributed by atoms with van der Waals surface area (Å²) in [5, 5.41) is 8.66. The highest BCUT2D eigenvalue weighted by molar-refractivity contribution is 5.82. The number of hydrogen-bond donors (Lipinski definition) is 1. The largest absolute Gasteiger partial charge is 0.394 e. The first-order chi connectivity index (χ1) is 11.0. The lowest BCUT2D eigenvalue weighted by Crippen LogP contribution is -2.03. The highest BCUT2D eigenvalue weighted by Crippen LogP contribution is 2.14. The Morgan fingerprint density at radius 1 is 1.22 bits per heavy atom. The molecule has 0 spiro atoms. The van der Waals surface area contributed by atoms with E-state index in [2.05, 4.69) is 40.1 Å². The van der Waals surface area contributed by atoms with Crippen LogP contribution in [0.2, 0.25) is 0 Å². The molecule has 5 heteroatoms. The number of carbonyl (C=O) groups excluding carboxylic acids is 2. The highest BCUT2D eigenvalue weighted by atomic mass is 16.6. The monoisotopic (exact) mass is 315 g/mol. The van der Waals surface area contributed by atoms with E-state index in [9.17, 15) is 9.59 Å². The van der Waals surface area contributed by atoms with E-state index in [4.69, 9.17) is 5.11 Å². The van der Waals surface area contributed by atoms with Gasteiger partial charge in [0.05, 0.1) is 6.61 Å². The minimum Gasteiger partial charge on any atom is -0.394 e. The zero-order valence-corrected chi connectivity index (χ0v) is 13.4. The lowest BCUT2D eigenvalue weighted by molar-refractivity contribution is -0.156. The van der Waals surface area contributed by atoms with E-state index in [-0.39, 0.29) is 6.61 Å². The van der Waals surface area contributed by atoms with E-state index < -0.39 is 11.9 Å². The van der Waals surface area contributed by atoms with Crippen molar-refractivity contribution in [2.24, 2.45) is 4.99 Å². The number of nitrogens with zero attached hydrogens (tertiary/aromatic N) is 1. The Labute approximate surface area is 136 Å². The van der Waals surface area contributed by atoms with E-state index in [1.54, 1.807) is 6.08 Å². The second-order valence-electron chi connectivity index (χ2n) is 4.83. The first-order valence-corrected chi connectivity index (χ1v) is 7.28. The van der Waals surface area contributed by atoms with Crippen LogP contribution in [0.4, 0.5) is 0 Å². The van der Waals surface area contributed by atoms with Crippen molar-refractivity contribution in [1.82, 2.24) is 0 Å². The average molecular weight is 315 g/mol. The molecule has 0 saturated heterocycles. The van der Waals surface area contributed by atoms with Crippen LogP contribution in [0.15, 0.2) is 47.1 Å². The summed E-state index contributed by atoms with van der Waals surface area (Å²) >= 11 is 0. The molecule has 0 bridgehead atoms. The molecule has 0 radical (unpaired) electrons. The van der Waals surface area contributed by atoms with Crippen molar-refractivity contribution in [3.05, 3.63) is 53.2 Å². The van der Waals surface area contributed by atoms with Crippen molar-refractivity contribution in [1.29, 1.82) is 0 Å². The molecule has 0 saturated carbocycles. The molecule has 122 valence electrons. The number of ether oxygens (including phenoxy) is 1. The fourth-order valence-electron chi connectivity index (χ4n) is 1.88. The Kier molecular flexibility index (Phi) is 8.24. The van der Waals surface area contributed by atoms with Gasteiger partial charge in [-0.2, -0.15) is 0 Å². The maximum atomic E-state index is 9.81. The van der Waals surface area contributed by atoms with Gasteiger partial charge in [-0.25, -0.2) is 0 Å². The summed E-state index contributed by atoms with van der Waals surface area (Å²) in [5.74, 6) is -1.12. The Morgan fingerprint density at radius 3 is 2.30 bits per heavy atom. The summed E-state index contributed by atoms with van der Waals surface area (Å²) in [4.78, 5) is 23.9. The standard InChI is InChI=1S/C14H15NO.C4H6O3/c16-10-2-3-12-5-7-13(8-6-12)11-14-4-1-9-15-14;1-3(5)7-4(2)6/h2-9,16H,1,10-11H2;1-2H3/b3-2+;. The third kappa shape index (κ3) is 8.48. The maximum absolute atomic E-state index is 9.81. The lowest BCUT2D eigenvalue weighted by atomic mass is 10.1. The fraction of sp³-hybridized carbons (Fsp3) is 0.278. The molecule has 0 atom stereocenters. The molecule has 1 N–H and O–H groups in total. The van der Waals surface area contributed by atoms with Gasteiger partial charge >= 0.3 is 11.9 Å². The van der Waals surface area contributed by atoms with Gasteiger partial charge in [0.2, 0.25) is 0 Å². The van der Waals surface area contributed by atoms with Crippen LogP contribution in [0.3, 0.4) is 0 Å². The molecule has 1 aromatic carbocycles. The van der Waals surface area contributed by atoms with Gasteiger partial charge in [-0.1, -0.05) is 42.5 Å². The highest BCUT2D eigenvalue weighted by Gasteiger charge is 2.00. The number of carbonyl (C=O) groups is 2. The molecule has 1 aliphatic heterocycles. The van der Waals surface area contributed by atoms with Gasteiger partial charge in [0, 0.05) is 38.6 Å². The number of allylic oxidation sites excluding steroid dienone is 2. The second-order valence-corrected chi connectivity index (χ2v) is 4.83. The third-order valence-corrected chi connectivity index (χ3v) is 2.78. The van der Waals surface area contributed by atoms with E-state index in [0.29, 0.717) is 0 Å². The summed E-state index contributed by atoms with van der Waals surface area (Å²) in [6.07, 6.45) is 9.61. The molecule has 2 rings (SSSR count). The van der Waals surface area contributed by atoms with Gasteiger partial charge in [0.25, 0.3) is 0 Å². The first-order valence-electron chi connectivity index (χ1n) is 7.28. The van der Waals surface area contributed by atoms with Crippen LogP contribution < -0.4 is 0 Å². The van der Waals surface area contributed by atoms with Gasteiger partial charge in [-0.15, -0.1) is 0 Å². The quantitative estimate of drug-likeness (QED) is 0.684. The van der Waals surface area contributed by atoms with Crippen molar-refractivity contribution >= 4 is 24.2 Å². The Hall–Kier alpha value is -2.53. The van der Waals surface area contributed by atoms with Gasteiger partial charge in [-0.05, 0) is 11.1 Å². The number of hydrogen-bond acceptors (Lipinski definition) is 5. The Bertz CT molecular complexity index is 600. The average Bonchev–Trinajstić information content (AvgIpc) is 2.99. The molecule has 0 aromatic heterocycles. The summed E-state index contributed by atoms with van der Waals surface area (Å²) in [6, 6.07) is 8.32. The fourth-order valence-corrected chi connectivity index (χ4v) is 1.88. The van der Waals surface area contributed by atoms with E-state index >= 15 is 0 Å². The second kappa shape index (κ2) is 10.2. The predicted molar refractivity (Wildman–Crippen MR) is 89.9 cm³/mol. The summed E-state index contributed by atoms with van der Waals surface area (Å²) < 4.78 is 3.97. The summed E-state index contributed by atoms with van der Waals surface area (Å²) in [6.45, 7) is 2.45. The normalized spacial score (nSPS) is 12.6. The summed E-state index contributed by atoms with van der Waals surface area (Å²) in [5.41, 5.74) is 3.53. The number of rotatable bonds is 4. The minimum absolute atomic E-state index is 0.0867. The molecule has 1 heterocycles. The summed E-state index contributed by atoms with van der Waals surface area (Å²) in [7, 11) is 0. The van der Waals surface area contributed by atoms with Crippen molar-refractivity contribution in [2.45, 2.75) is 26.7 Å². The maximum Gasteiger partial charge on any atom is 0.310 e. The number of benzene rings is 1. The van der Waals surface area contributed by atoms with E-state index in [1.807, 2.05) is 12.3 Å². The SMILES string of the molecule is CC(=O)OC(C)=O.OC/C=C/c1ccc(CC2=CCC=N2)cc1. The molecular weight excluding hydrogens is 294 g/mol. The van der Waals surface area contributed by atoms with Gasteiger partial charge in [0.15, 0.2) is 0 Å². The van der Waals surface area contributed by atoms with Gasteiger partial charge < -0.3 is 9.84 Å². The minimum atomic E-state index is -0.562. The Balaban J connectivity index is 0.000000322. The predicted octanol–water partition coefficient (Wildman–Crippen LogP) is 2.69. The molecule has 1 aromatic rings. The van der Waals surface area contributed by atoms with Crippen LogP contribution >= 0.6 is 0 Å². The number of aliphatic hydroxyl groups is 1. The Morgan fingerprint density at radius 2 is 1.87 bits per heavy atom. The molecule has 0 unspecified atom stereocenters. The van der Waals surface area contributed by atoms with Crippen LogP contribution in [-0.4, -0.2) is 29.9 Å². The molecule has 5 nitrogen and oxygen atoms in total. The third-order valence-electron chi connectivity index (χ3n) is 2.78. The van der Waals surface area contributed by atoms with Crippen molar-refractivity contribution in [3.8, 4) is 0 Å². The van der Waals surface area contributed by atoms with E-state index in [0.717, 1.165) is 24.1 Å². The van der Waals surface area contributed by atoms with Gasteiger partial charge in [0.1, 0.15) is 0 Å². The number of aliphatic imine (C=N–C) groups is 1. The molecule has 0 amide bonds. The zero-order valence-electron chi connectivity index (χ0n) is 13.4. The smallest absolute Gasteiger partial charge is 0.310 e. The molecule has 23 heavy (non-hydrogen) atoms. The molecule has 1 aliphatic rings. The van der Waals surface area contributed by atoms with Crippen LogP contribution in [0, 0.1) is 0 Å². The number of aliphatic hydroxyl groups excluding tert-OH is 1. The van der Waals surface area contributed by atoms with Crippen LogP contribution in [0.1, 0.15) is 31.4 Å². The van der Waals surface area contributed by atoms with Crippen molar-refractivity contribution < 1.29 is 19.4 Å². The topological polar surface area (TPSA) is 76.0 Å². The first kappa shape index (κ1) is 18.5. The van der Waals surface area contributed by atoms with Crippen molar-refractivity contribution in [2.75, 3.05) is 6.61 Å². The van der Waals surface area contributed by atoms with Gasteiger partial charge in [-0.3, -0.25) is 14.6 Å². The molecular formula is C18H21NO4. The van der Waals surface area contributed by atoms with Crippen molar-refractivity contribution in [3.63, 3.8) is 0 Å². The molecule has 0 fully saturated rings. The number of esters is 2.